The third-order valence-corrected chi connectivity index (χ3v) is 1.52. The van der Waals surface area contributed by atoms with E-state index in [0.717, 1.165) is 0 Å². The fourth-order valence-electron chi connectivity index (χ4n) is 1.02. The second-order valence-electron chi connectivity index (χ2n) is 2.33. The summed E-state index contributed by atoms with van der Waals surface area (Å²) in [6.07, 6.45) is 1.70. The lowest BCUT2D eigenvalue weighted by molar-refractivity contribution is 0.100. The van der Waals surface area contributed by atoms with E-state index >= 15 is 0 Å². The van der Waals surface area contributed by atoms with Crippen LogP contribution in [-0.4, -0.2) is 17.0 Å². The van der Waals surface area contributed by atoms with Gasteiger partial charge < -0.3 is 4.57 Å². The summed E-state index contributed by atoms with van der Waals surface area (Å²) in [6.45, 7) is 1.31. The van der Waals surface area contributed by atoms with Crippen LogP contribution in [0.3, 0.4) is 0 Å². The maximum absolute atomic E-state index is 11.9. The van der Waals surface area contributed by atoms with Gasteiger partial charge in [0.15, 0.2) is 5.78 Å². The number of nitrogens with zero attached hydrogens (tertiary/aromatic N) is 1. The van der Waals surface area contributed by atoms with Crippen LogP contribution in [-0.2, 0) is 6.54 Å². The molecule has 0 bridgehead atoms. The first kappa shape index (κ1) is 7.98. The Morgan fingerprint density at radius 3 is 3.00 bits per heavy atom. The minimum Gasteiger partial charge on any atom is -0.342 e. The van der Waals surface area contributed by atoms with E-state index in [9.17, 15) is 9.18 Å². The molecule has 60 valence electrons. The molecule has 0 aliphatic carbocycles. The molecule has 0 unspecified atom stereocenters. The maximum Gasteiger partial charge on any atom is 0.176 e. The summed E-state index contributed by atoms with van der Waals surface area (Å²) in [7, 11) is 0. The number of Topliss-reactive ketones (excluding diaryl/α,β-unsaturated/α-hetero) is 1. The Balaban J connectivity index is 2.87. The van der Waals surface area contributed by atoms with Gasteiger partial charge in [0.1, 0.15) is 6.67 Å². The Morgan fingerprint density at radius 2 is 2.45 bits per heavy atom. The molecule has 1 heterocycles. The highest BCUT2D eigenvalue weighted by Crippen LogP contribution is 2.02. The fourth-order valence-corrected chi connectivity index (χ4v) is 1.02. The minimum atomic E-state index is -0.436. The number of carbonyl (C=O) groups is 1. The first-order valence-electron chi connectivity index (χ1n) is 3.47. The Morgan fingerprint density at radius 1 is 1.73 bits per heavy atom. The second-order valence-corrected chi connectivity index (χ2v) is 2.33. The standard InChI is InChI=1S/C8H10FNO/c1-7(11)8-3-2-5-10(8)6-4-9/h2-3,5H,4,6H2,1H3. The Kier molecular flexibility index (Phi) is 2.41. The molecule has 0 spiro atoms. The van der Waals surface area contributed by atoms with Crippen molar-refractivity contribution in [3.8, 4) is 0 Å². The lowest BCUT2D eigenvalue weighted by Crippen LogP contribution is -2.06. The first-order chi connectivity index (χ1) is 5.25. The smallest absolute Gasteiger partial charge is 0.176 e. The predicted octanol–water partition coefficient (Wildman–Crippen LogP) is 1.66. The summed E-state index contributed by atoms with van der Waals surface area (Å²) >= 11 is 0. The van der Waals surface area contributed by atoms with E-state index in [2.05, 4.69) is 0 Å². The van der Waals surface area contributed by atoms with E-state index < -0.39 is 6.67 Å². The van der Waals surface area contributed by atoms with E-state index in [1.165, 1.54) is 6.92 Å². The first-order valence-corrected chi connectivity index (χ1v) is 3.47. The molecule has 0 aliphatic rings. The number of alkyl halides is 1. The molecule has 0 amide bonds. The predicted molar refractivity (Wildman–Crippen MR) is 40.4 cm³/mol. The summed E-state index contributed by atoms with van der Waals surface area (Å²) in [5.74, 6) is -0.0246. The number of rotatable bonds is 3. The lowest BCUT2D eigenvalue weighted by atomic mass is 10.3. The van der Waals surface area contributed by atoms with Crippen LogP contribution in [0.25, 0.3) is 0 Å². The van der Waals surface area contributed by atoms with E-state index in [1.54, 1.807) is 22.9 Å². The molecular weight excluding hydrogens is 145 g/mol. The molecule has 0 aliphatic heterocycles. The largest absolute Gasteiger partial charge is 0.342 e. The van der Waals surface area contributed by atoms with Crippen LogP contribution in [0, 0.1) is 0 Å². The number of aromatic nitrogens is 1. The zero-order valence-corrected chi connectivity index (χ0v) is 6.38. The summed E-state index contributed by atoms with van der Waals surface area (Å²) in [5.41, 5.74) is 0.572. The van der Waals surface area contributed by atoms with Crippen molar-refractivity contribution in [3.05, 3.63) is 24.0 Å². The zero-order valence-electron chi connectivity index (χ0n) is 6.38. The van der Waals surface area contributed by atoms with Crippen molar-refractivity contribution in [2.45, 2.75) is 13.5 Å². The Bertz CT molecular complexity index is 254. The summed E-state index contributed by atoms with van der Waals surface area (Å²) in [5, 5.41) is 0. The molecule has 1 aromatic rings. The van der Waals surface area contributed by atoms with Crippen molar-refractivity contribution in [2.75, 3.05) is 6.67 Å². The van der Waals surface area contributed by atoms with Gasteiger partial charge in [0.25, 0.3) is 0 Å². The van der Waals surface area contributed by atoms with Crippen LogP contribution in [0.1, 0.15) is 17.4 Å². The van der Waals surface area contributed by atoms with Crippen molar-refractivity contribution >= 4 is 5.78 Å². The number of carbonyl (C=O) groups excluding carboxylic acids is 1. The van der Waals surface area contributed by atoms with Gasteiger partial charge >= 0.3 is 0 Å². The number of hydrogen-bond acceptors (Lipinski definition) is 1. The van der Waals surface area contributed by atoms with Crippen LogP contribution in [0.2, 0.25) is 0 Å². The monoisotopic (exact) mass is 155 g/mol. The molecule has 2 nitrogen and oxygen atoms in total. The fraction of sp³-hybridized carbons (Fsp3) is 0.375. The normalized spacial score (nSPS) is 10.0. The van der Waals surface area contributed by atoms with E-state index in [-0.39, 0.29) is 12.3 Å². The highest BCUT2D eigenvalue weighted by Gasteiger charge is 2.03. The number of halogens is 1. The van der Waals surface area contributed by atoms with Crippen LogP contribution >= 0.6 is 0 Å². The summed E-state index contributed by atoms with van der Waals surface area (Å²) in [6, 6.07) is 3.43. The highest BCUT2D eigenvalue weighted by atomic mass is 19.1. The minimum absolute atomic E-state index is 0.0246. The number of aryl methyl sites for hydroxylation is 1. The van der Waals surface area contributed by atoms with Crippen LogP contribution in [0.15, 0.2) is 18.3 Å². The maximum atomic E-state index is 11.9. The number of ketones is 1. The third-order valence-electron chi connectivity index (χ3n) is 1.52. The van der Waals surface area contributed by atoms with Crippen LogP contribution in [0.5, 0.6) is 0 Å². The van der Waals surface area contributed by atoms with E-state index in [0.29, 0.717) is 5.69 Å². The van der Waals surface area contributed by atoms with Gasteiger partial charge in [-0.2, -0.15) is 0 Å². The molecule has 0 atom stereocenters. The van der Waals surface area contributed by atoms with Crippen LogP contribution in [0.4, 0.5) is 4.39 Å². The van der Waals surface area contributed by atoms with Gasteiger partial charge in [0.2, 0.25) is 0 Å². The van der Waals surface area contributed by atoms with Gasteiger partial charge in [0, 0.05) is 13.1 Å². The van der Waals surface area contributed by atoms with Gasteiger partial charge in [0.05, 0.1) is 12.2 Å². The van der Waals surface area contributed by atoms with E-state index in [4.69, 9.17) is 0 Å². The molecule has 3 heteroatoms. The van der Waals surface area contributed by atoms with Crippen molar-refractivity contribution in [2.24, 2.45) is 0 Å². The Labute approximate surface area is 64.6 Å². The van der Waals surface area contributed by atoms with Gasteiger partial charge in [-0.25, -0.2) is 4.39 Å². The molecule has 0 N–H and O–H groups in total. The Hall–Kier alpha value is -1.12. The molecule has 11 heavy (non-hydrogen) atoms. The number of hydrogen-bond donors (Lipinski definition) is 0. The van der Waals surface area contributed by atoms with Gasteiger partial charge in [-0.15, -0.1) is 0 Å². The van der Waals surface area contributed by atoms with E-state index in [1.807, 2.05) is 0 Å². The topological polar surface area (TPSA) is 22.0 Å². The molecule has 0 saturated heterocycles. The molecule has 0 fully saturated rings. The van der Waals surface area contributed by atoms with Crippen molar-refractivity contribution in [3.63, 3.8) is 0 Å². The van der Waals surface area contributed by atoms with Crippen molar-refractivity contribution in [1.82, 2.24) is 4.57 Å². The van der Waals surface area contributed by atoms with Gasteiger partial charge in [-0.05, 0) is 12.1 Å². The molecule has 0 saturated carbocycles. The molecule has 0 aromatic carbocycles. The molecular formula is C8H10FNO. The molecule has 0 radical (unpaired) electrons. The van der Waals surface area contributed by atoms with Gasteiger partial charge in [-0.3, -0.25) is 4.79 Å². The zero-order chi connectivity index (χ0) is 8.27. The SMILES string of the molecule is CC(=O)c1cccn1CCF. The van der Waals surface area contributed by atoms with Crippen molar-refractivity contribution in [1.29, 1.82) is 0 Å². The quantitative estimate of drug-likeness (QED) is 0.608. The molecule has 1 aromatic heterocycles. The molecule has 1 rings (SSSR count). The van der Waals surface area contributed by atoms with Gasteiger partial charge in [-0.1, -0.05) is 0 Å². The summed E-state index contributed by atoms with van der Waals surface area (Å²) in [4.78, 5) is 10.9. The van der Waals surface area contributed by atoms with Crippen molar-refractivity contribution < 1.29 is 9.18 Å². The average Bonchev–Trinajstić information content (AvgIpc) is 2.36. The second kappa shape index (κ2) is 3.32. The van der Waals surface area contributed by atoms with Crippen LogP contribution < -0.4 is 0 Å². The average molecular weight is 155 g/mol. The lowest BCUT2D eigenvalue weighted by Gasteiger charge is -2.01. The summed E-state index contributed by atoms with van der Waals surface area (Å²) < 4.78 is 13.5. The highest BCUT2D eigenvalue weighted by molar-refractivity contribution is 5.92. The third kappa shape index (κ3) is 1.67.